The average molecular weight is 178 g/mol. The lowest BCUT2D eigenvalue weighted by molar-refractivity contribution is -0.117. The molecular formula is C8H22N2O2. The highest BCUT2D eigenvalue weighted by Gasteiger charge is 1.97. The normalized spacial score (nSPS) is 8.33. The number of nitrogens with zero attached hydrogens (tertiary/aromatic N) is 1. The smallest absolute Gasteiger partial charge is 0.223 e. The van der Waals surface area contributed by atoms with Gasteiger partial charge >= 0.3 is 0 Å². The van der Waals surface area contributed by atoms with Crippen molar-refractivity contribution < 1.29 is 9.90 Å². The Hall–Kier alpha value is -0.610. The summed E-state index contributed by atoms with van der Waals surface area (Å²) in [5, 5.41) is 9.47. The van der Waals surface area contributed by atoms with Crippen LogP contribution in [0.15, 0.2) is 0 Å². The molecule has 0 bridgehead atoms. The van der Waals surface area contributed by atoms with E-state index < -0.39 is 5.60 Å². The Bertz CT molecular complexity index is 81.5. The molecule has 0 aromatic heterocycles. The fourth-order valence-corrected chi connectivity index (χ4v) is 0. The predicted octanol–water partition coefficient (Wildman–Crippen LogP) is 0.752. The molecule has 0 radical (unpaired) electrons. The molecule has 3 N–H and O–H groups in total. The fraction of sp³-hybridized carbons (Fsp3) is 0.875. The lowest BCUT2D eigenvalue weighted by atomic mass is 10.2. The minimum atomic E-state index is -0.500. The highest BCUT2D eigenvalue weighted by molar-refractivity contribution is 5.44. The first-order chi connectivity index (χ1) is 5.27. The Balaban J connectivity index is -0.000000112. The molecule has 0 atom stereocenters. The highest BCUT2D eigenvalue weighted by atomic mass is 16.3. The third-order valence-corrected chi connectivity index (χ3v) is 0.166. The van der Waals surface area contributed by atoms with Crippen LogP contribution in [0.2, 0.25) is 0 Å². The Kier molecular flexibility index (Phi) is 15.1. The highest BCUT2D eigenvalue weighted by Crippen LogP contribution is 1.93. The van der Waals surface area contributed by atoms with Crippen molar-refractivity contribution in [1.82, 2.24) is 5.01 Å². The molecule has 12 heavy (non-hydrogen) atoms. The Morgan fingerprint density at radius 3 is 1.42 bits per heavy atom. The van der Waals surface area contributed by atoms with Crippen molar-refractivity contribution in [2.45, 2.75) is 40.2 Å². The number of aliphatic hydroxyl groups is 1. The van der Waals surface area contributed by atoms with Crippen molar-refractivity contribution in [3.05, 3.63) is 0 Å². The largest absolute Gasteiger partial charge is 0.391 e. The Morgan fingerprint density at radius 1 is 1.33 bits per heavy atom. The van der Waals surface area contributed by atoms with Gasteiger partial charge in [-0.15, -0.1) is 0 Å². The molecule has 76 valence electrons. The molecule has 0 aliphatic heterocycles. The van der Waals surface area contributed by atoms with E-state index in [1.807, 2.05) is 13.8 Å². The number of carbonyl (C=O) groups excluding carboxylic acids is 1. The van der Waals surface area contributed by atoms with Gasteiger partial charge in [0.05, 0.1) is 5.60 Å². The first-order valence-electron chi connectivity index (χ1n) is 3.92. The SMILES string of the molecule is CC.CC(C)(C)O.CN(N)C=O. The molecule has 0 fully saturated rings. The van der Waals surface area contributed by atoms with E-state index in [2.05, 4.69) is 0 Å². The topological polar surface area (TPSA) is 66.6 Å². The second-order valence-corrected chi connectivity index (χ2v) is 2.94. The van der Waals surface area contributed by atoms with Crippen LogP contribution in [-0.2, 0) is 4.79 Å². The molecule has 0 aromatic carbocycles. The van der Waals surface area contributed by atoms with E-state index in [9.17, 15) is 4.79 Å². The molecule has 0 aliphatic carbocycles. The molecule has 0 spiro atoms. The molecule has 4 heteroatoms. The van der Waals surface area contributed by atoms with Crippen molar-refractivity contribution in [1.29, 1.82) is 0 Å². The number of hydrogen-bond donors (Lipinski definition) is 2. The third-order valence-electron chi connectivity index (χ3n) is 0.166. The number of hydrazine groups is 1. The zero-order chi connectivity index (χ0) is 10.8. The quantitative estimate of drug-likeness (QED) is 0.269. The first-order valence-corrected chi connectivity index (χ1v) is 3.92. The molecule has 0 rings (SSSR count). The van der Waals surface area contributed by atoms with Crippen LogP contribution >= 0.6 is 0 Å². The number of rotatable bonds is 1. The standard InChI is InChI=1S/C4H10O.C2H6N2O.C2H6/c1-4(2,3)5;1-4(3)2-5;1-2/h5H,1-3H3;2H,3H2,1H3;1-2H3. The summed E-state index contributed by atoms with van der Waals surface area (Å²) in [6.07, 6.45) is 0.528. The van der Waals surface area contributed by atoms with Crippen molar-refractivity contribution in [3.63, 3.8) is 0 Å². The van der Waals surface area contributed by atoms with Crippen LogP contribution in [0.1, 0.15) is 34.6 Å². The second-order valence-electron chi connectivity index (χ2n) is 2.94. The summed E-state index contributed by atoms with van der Waals surface area (Å²) in [6.45, 7) is 9.23. The molecule has 0 saturated carbocycles. The Morgan fingerprint density at radius 2 is 1.42 bits per heavy atom. The molecule has 0 unspecified atom stereocenters. The van der Waals surface area contributed by atoms with Gasteiger partial charge in [-0.1, -0.05) is 13.8 Å². The van der Waals surface area contributed by atoms with Crippen LogP contribution in [0.5, 0.6) is 0 Å². The van der Waals surface area contributed by atoms with Gasteiger partial charge in [0, 0.05) is 7.05 Å². The summed E-state index contributed by atoms with van der Waals surface area (Å²) >= 11 is 0. The zero-order valence-corrected chi connectivity index (χ0v) is 8.96. The van der Waals surface area contributed by atoms with E-state index in [-0.39, 0.29) is 0 Å². The lowest BCUT2D eigenvalue weighted by Crippen LogP contribution is -2.23. The molecule has 0 heterocycles. The first kappa shape index (κ1) is 17.5. The summed E-state index contributed by atoms with van der Waals surface area (Å²) in [5.41, 5.74) is -0.500. The van der Waals surface area contributed by atoms with Gasteiger partial charge in [0.1, 0.15) is 0 Å². The Labute approximate surface area is 75.3 Å². The number of carbonyl (C=O) groups is 1. The molecule has 0 aliphatic rings. The van der Waals surface area contributed by atoms with Crippen LogP contribution in [0.4, 0.5) is 0 Å². The van der Waals surface area contributed by atoms with Crippen LogP contribution in [0, 0.1) is 0 Å². The van der Waals surface area contributed by atoms with E-state index >= 15 is 0 Å². The van der Waals surface area contributed by atoms with E-state index in [1.54, 1.807) is 20.8 Å². The number of nitrogens with two attached hydrogens (primary N) is 1. The van der Waals surface area contributed by atoms with E-state index in [1.165, 1.54) is 7.05 Å². The maximum atomic E-state index is 9.31. The molecule has 0 aromatic rings. The van der Waals surface area contributed by atoms with Crippen molar-refractivity contribution >= 4 is 6.41 Å². The minimum Gasteiger partial charge on any atom is -0.391 e. The second kappa shape index (κ2) is 10.4. The number of hydrogen-bond acceptors (Lipinski definition) is 3. The molecule has 1 amide bonds. The maximum absolute atomic E-state index is 9.31. The van der Waals surface area contributed by atoms with Gasteiger partial charge in [0.25, 0.3) is 0 Å². The summed E-state index contributed by atoms with van der Waals surface area (Å²) in [6, 6.07) is 0. The van der Waals surface area contributed by atoms with Gasteiger partial charge in [-0.2, -0.15) is 0 Å². The minimum absolute atomic E-state index is 0.500. The van der Waals surface area contributed by atoms with Crippen molar-refractivity contribution in [2.75, 3.05) is 7.05 Å². The number of amides is 1. The van der Waals surface area contributed by atoms with E-state index in [4.69, 9.17) is 10.9 Å². The summed E-state index contributed by atoms with van der Waals surface area (Å²) in [5.74, 6) is 4.76. The van der Waals surface area contributed by atoms with Crippen molar-refractivity contribution in [2.24, 2.45) is 5.84 Å². The summed E-state index contributed by atoms with van der Waals surface area (Å²) in [4.78, 5) is 9.31. The predicted molar refractivity (Wildman–Crippen MR) is 51.3 cm³/mol. The van der Waals surface area contributed by atoms with Crippen LogP contribution in [0.25, 0.3) is 0 Å². The van der Waals surface area contributed by atoms with Gasteiger partial charge in [-0.05, 0) is 20.8 Å². The van der Waals surface area contributed by atoms with Crippen LogP contribution < -0.4 is 5.84 Å². The van der Waals surface area contributed by atoms with Crippen LogP contribution in [0.3, 0.4) is 0 Å². The zero-order valence-electron chi connectivity index (χ0n) is 8.96. The van der Waals surface area contributed by atoms with Gasteiger partial charge in [0.2, 0.25) is 6.41 Å². The molecule has 4 nitrogen and oxygen atoms in total. The fourth-order valence-electron chi connectivity index (χ4n) is 0. The van der Waals surface area contributed by atoms with E-state index in [0.29, 0.717) is 6.41 Å². The van der Waals surface area contributed by atoms with Crippen molar-refractivity contribution in [3.8, 4) is 0 Å². The van der Waals surface area contributed by atoms with Gasteiger partial charge < -0.3 is 5.11 Å². The third kappa shape index (κ3) is 342. The summed E-state index contributed by atoms with van der Waals surface area (Å²) < 4.78 is 0. The summed E-state index contributed by atoms with van der Waals surface area (Å²) in [7, 11) is 1.47. The van der Waals surface area contributed by atoms with Gasteiger partial charge in [-0.3, -0.25) is 9.80 Å². The van der Waals surface area contributed by atoms with Crippen LogP contribution in [-0.4, -0.2) is 29.2 Å². The van der Waals surface area contributed by atoms with Gasteiger partial charge in [-0.25, -0.2) is 5.84 Å². The lowest BCUT2D eigenvalue weighted by Gasteiger charge is -2.04. The van der Waals surface area contributed by atoms with E-state index in [0.717, 1.165) is 5.01 Å². The molecule has 0 saturated heterocycles. The monoisotopic (exact) mass is 178 g/mol. The maximum Gasteiger partial charge on any atom is 0.223 e. The van der Waals surface area contributed by atoms with Gasteiger partial charge in [0.15, 0.2) is 0 Å². The molecular weight excluding hydrogens is 156 g/mol. The average Bonchev–Trinajstić information content (AvgIpc) is 1.89.